The number of amides is 1. The average molecular weight is 383 g/mol. The predicted octanol–water partition coefficient (Wildman–Crippen LogP) is 4.04. The van der Waals surface area contributed by atoms with Crippen LogP contribution in [-0.2, 0) is 17.8 Å². The molecule has 132 valence electrons. The van der Waals surface area contributed by atoms with E-state index in [0.29, 0.717) is 6.54 Å². The van der Waals surface area contributed by atoms with Crippen LogP contribution < -0.4 is 4.57 Å². The number of rotatable bonds is 5. The maximum Gasteiger partial charge on any atom is 0.309 e. The predicted molar refractivity (Wildman–Crippen MR) is 105 cm³/mol. The molecule has 0 fully saturated rings. The number of aryl methyl sites for hydroxylation is 1. The van der Waals surface area contributed by atoms with Crippen molar-refractivity contribution in [2.24, 2.45) is 5.10 Å². The molecule has 1 atom stereocenters. The molecule has 1 aliphatic heterocycles. The van der Waals surface area contributed by atoms with Gasteiger partial charge in [0.1, 0.15) is 0 Å². The number of hydrogen-bond donors (Lipinski definition) is 0. The van der Waals surface area contributed by atoms with Crippen molar-refractivity contribution < 1.29 is 9.36 Å². The summed E-state index contributed by atoms with van der Waals surface area (Å²) in [6.45, 7) is 2.43. The highest BCUT2D eigenvalue weighted by atomic mass is 32.1. The smallest absolute Gasteiger partial charge is 0.265 e. The van der Waals surface area contributed by atoms with Gasteiger partial charge in [0.15, 0.2) is 12.4 Å². The first kappa shape index (κ1) is 17.1. The van der Waals surface area contributed by atoms with Crippen LogP contribution in [0.5, 0.6) is 0 Å². The number of hydrazone groups is 1. The van der Waals surface area contributed by atoms with Crippen molar-refractivity contribution in [1.82, 2.24) is 5.01 Å². The Hall–Kier alpha value is -2.31. The third kappa shape index (κ3) is 3.48. The van der Waals surface area contributed by atoms with E-state index >= 15 is 0 Å². The molecule has 3 aromatic rings. The molecule has 1 amide bonds. The quantitative estimate of drug-likeness (QED) is 0.614. The third-order valence-electron chi connectivity index (χ3n) is 4.53. The van der Waals surface area contributed by atoms with E-state index in [-0.39, 0.29) is 11.9 Å². The van der Waals surface area contributed by atoms with E-state index in [1.165, 1.54) is 10.4 Å². The van der Waals surface area contributed by atoms with Crippen LogP contribution in [0.15, 0.2) is 64.7 Å². The summed E-state index contributed by atoms with van der Waals surface area (Å²) in [6, 6.07) is 12.3. The molecule has 0 spiro atoms. The average Bonchev–Trinajstić information content (AvgIpc) is 3.42. The first-order chi connectivity index (χ1) is 12.7. The highest BCUT2D eigenvalue weighted by molar-refractivity contribution is 7.12. The molecule has 26 heavy (non-hydrogen) atoms. The molecular weight excluding hydrogens is 362 g/mol. The molecule has 0 unspecified atom stereocenters. The van der Waals surface area contributed by atoms with Gasteiger partial charge in [0, 0.05) is 23.4 Å². The van der Waals surface area contributed by atoms with Gasteiger partial charge >= 0.3 is 5.91 Å². The van der Waals surface area contributed by atoms with Gasteiger partial charge in [-0.2, -0.15) is 9.67 Å². The van der Waals surface area contributed by atoms with Crippen LogP contribution in [0.25, 0.3) is 0 Å². The van der Waals surface area contributed by atoms with Gasteiger partial charge in [-0.3, -0.25) is 4.79 Å². The fourth-order valence-electron chi connectivity index (χ4n) is 3.09. The molecule has 4 heterocycles. The van der Waals surface area contributed by atoms with Gasteiger partial charge in [0.25, 0.3) is 0 Å². The molecule has 6 heteroatoms. The van der Waals surface area contributed by atoms with E-state index in [0.717, 1.165) is 23.4 Å². The van der Waals surface area contributed by atoms with E-state index in [1.807, 2.05) is 34.5 Å². The van der Waals surface area contributed by atoms with Crippen molar-refractivity contribution in [2.45, 2.75) is 32.4 Å². The Morgan fingerprint density at radius 3 is 2.62 bits per heavy atom. The molecule has 4 nitrogen and oxygen atoms in total. The second-order valence-corrected chi connectivity index (χ2v) is 8.16. The van der Waals surface area contributed by atoms with Crippen LogP contribution in [0.1, 0.15) is 34.7 Å². The summed E-state index contributed by atoms with van der Waals surface area (Å²) >= 11 is 3.35. The Kier molecular flexibility index (Phi) is 4.95. The first-order valence-electron chi connectivity index (χ1n) is 8.69. The zero-order valence-electron chi connectivity index (χ0n) is 14.5. The fraction of sp³-hybridized carbons (Fsp3) is 0.250. The second-order valence-electron chi connectivity index (χ2n) is 6.23. The van der Waals surface area contributed by atoms with Gasteiger partial charge in [-0.15, -0.1) is 22.7 Å². The Labute approximate surface area is 161 Å². The summed E-state index contributed by atoms with van der Waals surface area (Å²) in [5, 5.41) is 10.5. The van der Waals surface area contributed by atoms with Crippen LogP contribution in [0.4, 0.5) is 0 Å². The van der Waals surface area contributed by atoms with Crippen molar-refractivity contribution in [2.75, 3.05) is 0 Å². The summed E-state index contributed by atoms with van der Waals surface area (Å²) < 4.78 is 1.92. The van der Waals surface area contributed by atoms with Crippen molar-refractivity contribution in [3.63, 3.8) is 0 Å². The number of carbonyl (C=O) groups is 1. The lowest BCUT2D eigenvalue weighted by Crippen LogP contribution is -2.42. The SMILES string of the molecule is CCc1cc[n+](CC(=O)N2N=C(c3cccs3)C[C@@H]2c2cccs2)cc1. The zero-order valence-corrected chi connectivity index (χ0v) is 16.2. The minimum Gasteiger partial charge on any atom is -0.265 e. The molecule has 1 aliphatic rings. The molecule has 0 bridgehead atoms. The summed E-state index contributed by atoms with van der Waals surface area (Å²) in [7, 11) is 0. The normalized spacial score (nSPS) is 16.7. The topological polar surface area (TPSA) is 36.5 Å². The van der Waals surface area contributed by atoms with Gasteiger partial charge in [0.2, 0.25) is 6.54 Å². The van der Waals surface area contributed by atoms with Gasteiger partial charge in [-0.1, -0.05) is 19.1 Å². The van der Waals surface area contributed by atoms with E-state index in [1.54, 1.807) is 27.7 Å². The lowest BCUT2D eigenvalue weighted by Gasteiger charge is -2.19. The van der Waals surface area contributed by atoms with Gasteiger partial charge in [-0.05, 0) is 34.9 Å². The van der Waals surface area contributed by atoms with E-state index < -0.39 is 0 Å². The molecule has 0 aromatic carbocycles. The minimum absolute atomic E-state index is 0.00452. The summed E-state index contributed by atoms with van der Waals surface area (Å²) in [4.78, 5) is 15.3. The van der Waals surface area contributed by atoms with Gasteiger partial charge in [0.05, 0.1) is 16.6 Å². The molecule has 0 radical (unpaired) electrons. The molecular formula is C20H20N3OS2+. The summed E-state index contributed by atoms with van der Waals surface area (Å²) in [5.41, 5.74) is 2.27. The highest BCUT2D eigenvalue weighted by Crippen LogP contribution is 2.35. The standard InChI is InChI=1S/C20H20N3OS2/c1-2-15-7-9-22(10-8-15)14-20(24)23-17(19-6-4-12-26-19)13-16(21-23)18-5-3-11-25-18/h3-12,17H,2,13-14H2,1H3/q+1/t17-/m1/s1. The number of aromatic nitrogens is 1. The molecule has 0 N–H and O–H groups in total. The molecule has 3 aromatic heterocycles. The van der Waals surface area contributed by atoms with Crippen LogP contribution in [0, 0.1) is 0 Å². The van der Waals surface area contributed by atoms with Crippen molar-refractivity contribution >= 4 is 34.3 Å². The molecule has 4 rings (SSSR count). The van der Waals surface area contributed by atoms with Gasteiger partial charge in [-0.25, -0.2) is 5.01 Å². The Morgan fingerprint density at radius 2 is 1.96 bits per heavy atom. The summed E-state index contributed by atoms with van der Waals surface area (Å²) in [5.74, 6) is 0.0178. The summed E-state index contributed by atoms with van der Waals surface area (Å²) in [6.07, 6.45) is 5.70. The van der Waals surface area contributed by atoms with Crippen LogP contribution >= 0.6 is 22.7 Å². The molecule has 0 saturated carbocycles. The number of carbonyl (C=O) groups excluding carboxylic acids is 1. The van der Waals surface area contributed by atoms with E-state index in [4.69, 9.17) is 5.10 Å². The lowest BCUT2D eigenvalue weighted by molar-refractivity contribution is -0.685. The Morgan fingerprint density at radius 1 is 1.19 bits per heavy atom. The van der Waals surface area contributed by atoms with Crippen LogP contribution in [0.3, 0.4) is 0 Å². The number of pyridine rings is 1. The Balaban J connectivity index is 1.58. The maximum atomic E-state index is 13.0. The van der Waals surface area contributed by atoms with Crippen molar-refractivity contribution in [3.8, 4) is 0 Å². The monoisotopic (exact) mass is 382 g/mol. The van der Waals surface area contributed by atoms with Crippen molar-refractivity contribution in [3.05, 3.63) is 74.9 Å². The van der Waals surface area contributed by atoms with Gasteiger partial charge < -0.3 is 0 Å². The fourth-order valence-corrected chi connectivity index (χ4v) is 4.63. The number of nitrogens with zero attached hydrogens (tertiary/aromatic N) is 3. The maximum absolute atomic E-state index is 13.0. The van der Waals surface area contributed by atoms with E-state index in [9.17, 15) is 4.79 Å². The second kappa shape index (κ2) is 7.51. The lowest BCUT2D eigenvalue weighted by atomic mass is 10.1. The molecule has 0 saturated heterocycles. The number of hydrogen-bond acceptors (Lipinski definition) is 4. The largest absolute Gasteiger partial charge is 0.309 e. The third-order valence-corrected chi connectivity index (χ3v) is 6.42. The van der Waals surface area contributed by atoms with Crippen LogP contribution in [-0.4, -0.2) is 16.6 Å². The first-order valence-corrected chi connectivity index (χ1v) is 10.5. The zero-order chi connectivity index (χ0) is 17.9. The number of thiophene rings is 2. The Bertz CT molecular complexity index is 899. The minimum atomic E-state index is -0.00452. The highest BCUT2D eigenvalue weighted by Gasteiger charge is 2.35. The van der Waals surface area contributed by atoms with Crippen LogP contribution in [0.2, 0.25) is 0 Å². The molecule has 0 aliphatic carbocycles. The van der Waals surface area contributed by atoms with E-state index in [2.05, 4.69) is 36.6 Å². The van der Waals surface area contributed by atoms with Crippen molar-refractivity contribution in [1.29, 1.82) is 0 Å².